The van der Waals surface area contributed by atoms with Crippen molar-refractivity contribution in [2.75, 3.05) is 40.9 Å². The fraction of sp³-hybridized carbons (Fsp3) is 0.978. The summed E-state index contributed by atoms with van der Waals surface area (Å²) in [7, 11) is 1.32. The van der Waals surface area contributed by atoms with Gasteiger partial charge < -0.3 is 28.8 Å². The molecule has 0 aliphatic rings. The zero-order chi connectivity index (χ0) is 40.0. The fourth-order valence-electron chi connectivity index (χ4n) is 7.10. The van der Waals surface area contributed by atoms with Gasteiger partial charge in [-0.05, 0) is 12.8 Å². The Morgan fingerprint density at radius 1 is 0.574 bits per heavy atom. The first kappa shape index (κ1) is 53.5. The lowest BCUT2D eigenvalue weighted by atomic mass is 10.0. The number of nitrogens with one attached hydrogen (secondary N) is 1. The third-order valence-corrected chi connectivity index (χ3v) is 11.8. The van der Waals surface area contributed by atoms with E-state index in [2.05, 4.69) is 19.2 Å². The van der Waals surface area contributed by atoms with Crippen LogP contribution in [0.15, 0.2) is 0 Å². The molecular formula is C45H93N2O6P. The summed E-state index contributed by atoms with van der Waals surface area (Å²) in [6.07, 6.45) is 41.0. The summed E-state index contributed by atoms with van der Waals surface area (Å²) in [4.78, 5) is 25.3. The number of nitrogens with zero attached hydrogens (tertiary/aromatic N) is 1. The fourth-order valence-corrected chi connectivity index (χ4v) is 7.82. The van der Waals surface area contributed by atoms with Crippen LogP contribution in [0.2, 0.25) is 0 Å². The molecule has 0 aromatic rings. The summed E-state index contributed by atoms with van der Waals surface area (Å²) in [5.41, 5.74) is 0. The number of aliphatic hydroxyl groups excluding tert-OH is 1. The highest BCUT2D eigenvalue weighted by molar-refractivity contribution is 7.45. The molecule has 0 aromatic carbocycles. The molecule has 0 radical (unpaired) electrons. The van der Waals surface area contributed by atoms with Gasteiger partial charge in [0.15, 0.2) is 0 Å². The zero-order valence-electron chi connectivity index (χ0n) is 36.7. The van der Waals surface area contributed by atoms with Crippen molar-refractivity contribution in [3.63, 3.8) is 0 Å². The van der Waals surface area contributed by atoms with Crippen molar-refractivity contribution in [2.45, 2.75) is 244 Å². The molecule has 0 saturated carbocycles. The number of hydrogen-bond acceptors (Lipinski definition) is 6. The van der Waals surface area contributed by atoms with Gasteiger partial charge in [-0.2, -0.15) is 0 Å². The highest BCUT2D eigenvalue weighted by atomic mass is 31.2. The lowest BCUT2D eigenvalue weighted by molar-refractivity contribution is -0.870. The average molecular weight is 789 g/mol. The van der Waals surface area contributed by atoms with E-state index in [1.807, 2.05) is 21.1 Å². The number of aliphatic hydroxyl groups is 1. The van der Waals surface area contributed by atoms with E-state index < -0.39 is 20.0 Å². The number of hydrogen-bond donors (Lipinski definition) is 2. The minimum absolute atomic E-state index is 0.0162. The Balaban J connectivity index is 4.30. The molecule has 324 valence electrons. The summed E-state index contributed by atoms with van der Waals surface area (Å²) < 4.78 is 23.3. The van der Waals surface area contributed by atoms with Gasteiger partial charge in [-0.15, -0.1) is 0 Å². The number of quaternary nitrogens is 1. The number of likely N-dealkylation sites (N-methyl/N-ethyl adjacent to an activating group) is 1. The molecular weight excluding hydrogens is 695 g/mol. The maximum absolute atomic E-state index is 12.9. The van der Waals surface area contributed by atoms with Crippen LogP contribution in [0, 0.1) is 0 Å². The van der Waals surface area contributed by atoms with Crippen LogP contribution in [0.3, 0.4) is 0 Å². The van der Waals surface area contributed by atoms with Crippen LogP contribution in [0.1, 0.15) is 232 Å². The van der Waals surface area contributed by atoms with Crippen molar-refractivity contribution in [1.82, 2.24) is 5.32 Å². The lowest BCUT2D eigenvalue weighted by Gasteiger charge is -2.30. The predicted molar refractivity (Wildman–Crippen MR) is 229 cm³/mol. The van der Waals surface area contributed by atoms with Gasteiger partial charge >= 0.3 is 0 Å². The van der Waals surface area contributed by atoms with Crippen molar-refractivity contribution in [3.05, 3.63) is 0 Å². The molecule has 1 unspecified atom stereocenters. The molecule has 3 atom stereocenters. The maximum atomic E-state index is 12.9. The number of phosphoric ester groups is 1. The SMILES string of the molecule is CCCCCCCCCCCCCCCCCCC[C@@H](O)[C@H](COP(=O)([O-])OCC[N+](C)(C)C)NC(=O)CCCCCCCCCCCCCCCCC. The third-order valence-electron chi connectivity index (χ3n) is 10.8. The Hall–Kier alpha value is -0.500. The van der Waals surface area contributed by atoms with Gasteiger partial charge in [0.25, 0.3) is 7.82 Å². The molecule has 9 heteroatoms. The van der Waals surface area contributed by atoms with E-state index in [4.69, 9.17) is 9.05 Å². The van der Waals surface area contributed by atoms with Crippen LogP contribution >= 0.6 is 7.82 Å². The molecule has 54 heavy (non-hydrogen) atoms. The van der Waals surface area contributed by atoms with Crippen molar-refractivity contribution >= 4 is 13.7 Å². The summed E-state index contributed by atoms with van der Waals surface area (Å²) in [5.74, 6) is -0.161. The van der Waals surface area contributed by atoms with E-state index in [0.29, 0.717) is 23.9 Å². The topological polar surface area (TPSA) is 108 Å². The monoisotopic (exact) mass is 789 g/mol. The van der Waals surface area contributed by atoms with Crippen LogP contribution in [0.5, 0.6) is 0 Å². The van der Waals surface area contributed by atoms with E-state index in [1.54, 1.807) is 0 Å². The van der Waals surface area contributed by atoms with E-state index in [-0.39, 0.29) is 19.1 Å². The second-order valence-electron chi connectivity index (χ2n) is 17.5. The van der Waals surface area contributed by atoms with Gasteiger partial charge in [-0.3, -0.25) is 9.36 Å². The zero-order valence-corrected chi connectivity index (χ0v) is 37.6. The predicted octanol–water partition coefficient (Wildman–Crippen LogP) is 12.3. The quantitative estimate of drug-likeness (QED) is 0.0362. The summed E-state index contributed by atoms with van der Waals surface area (Å²) in [6.45, 7) is 4.75. The first-order chi connectivity index (χ1) is 26.0. The molecule has 1 amide bonds. The highest BCUT2D eigenvalue weighted by Crippen LogP contribution is 2.38. The number of rotatable bonds is 43. The highest BCUT2D eigenvalue weighted by Gasteiger charge is 2.24. The molecule has 0 aliphatic carbocycles. The molecule has 0 fully saturated rings. The minimum atomic E-state index is -4.56. The molecule has 0 rings (SSSR count). The summed E-state index contributed by atoms with van der Waals surface area (Å²) in [5, 5.41) is 13.9. The van der Waals surface area contributed by atoms with Crippen LogP contribution in [0.4, 0.5) is 0 Å². The average Bonchev–Trinajstić information content (AvgIpc) is 3.12. The van der Waals surface area contributed by atoms with E-state index in [1.165, 1.54) is 167 Å². The van der Waals surface area contributed by atoms with Crippen LogP contribution in [-0.2, 0) is 18.4 Å². The lowest BCUT2D eigenvalue weighted by Crippen LogP contribution is -2.46. The number of amides is 1. The summed E-state index contributed by atoms with van der Waals surface area (Å²) >= 11 is 0. The standard InChI is InChI=1S/C45H93N2O6P/c1-6-8-10-12-14-16-18-20-22-23-25-26-28-30-32-34-36-38-44(48)43(42-53-54(50,51)52-41-40-47(3,4)5)46-45(49)39-37-35-33-31-29-27-24-21-19-17-15-13-11-9-7-2/h43-44,48H,6-42H2,1-5H3,(H-,46,49,50,51)/t43-,44+/m0/s1. The van der Waals surface area contributed by atoms with Gasteiger partial charge in [0.2, 0.25) is 5.91 Å². The Kier molecular flexibility index (Phi) is 37.7. The molecule has 0 bridgehead atoms. The van der Waals surface area contributed by atoms with Gasteiger partial charge in [0.05, 0.1) is 39.9 Å². The van der Waals surface area contributed by atoms with E-state index in [9.17, 15) is 19.4 Å². The van der Waals surface area contributed by atoms with Gasteiger partial charge in [0, 0.05) is 6.42 Å². The first-order valence-electron chi connectivity index (χ1n) is 23.4. The van der Waals surface area contributed by atoms with Crippen molar-refractivity contribution in [1.29, 1.82) is 0 Å². The van der Waals surface area contributed by atoms with Gasteiger partial charge in [-0.25, -0.2) is 0 Å². The number of unbranched alkanes of at least 4 members (excludes halogenated alkanes) is 30. The Morgan fingerprint density at radius 3 is 1.26 bits per heavy atom. The van der Waals surface area contributed by atoms with Gasteiger partial charge in [0.1, 0.15) is 13.2 Å². The van der Waals surface area contributed by atoms with Crippen LogP contribution in [-0.4, -0.2) is 68.5 Å². The second-order valence-corrected chi connectivity index (χ2v) is 18.9. The third kappa shape index (κ3) is 39.7. The Morgan fingerprint density at radius 2 is 0.907 bits per heavy atom. The molecule has 2 N–H and O–H groups in total. The minimum Gasteiger partial charge on any atom is -0.756 e. The molecule has 0 heterocycles. The molecule has 0 aromatic heterocycles. The maximum Gasteiger partial charge on any atom is 0.268 e. The first-order valence-corrected chi connectivity index (χ1v) is 24.8. The van der Waals surface area contributed by atoms with Crippen LogP contribution in [0.25, 0.3) is 0 Å². The number of phosphoric acid groups is 1. The molecule has 0 aliphatic heterocycles. The number of carbonyl (C=O) groups is 1. The second kappa shape index (κ2) is 38.0. The normalized spacial score (nSPS) is 14.3. The number of carbonyl (C=O) groups excluding carboxylic acids is 1. The van der Waals surface area contributed by atoms with E-state index >= 15 is 0 Å². The molecule has 0 spiro atoms. The smallest absolute Gasteiger partial charge is 0.268 e. The van der Waals surface area contributed by atoms with Crippen LogP contribution < -0.4 is 10.2 Å². The van der Waals surface area contributed by atoms with Crippen molar-refractivity contribution < 1.29 is 32.9 Å². The largest absolute Gasteiger partial charge is 0.756 e. The van der Waals surface area contributed by atoms with E-state index in [0.717, 1.165) is 38.5 Å². The molecule has 8 nitrogen and oxygen atoms in total. The molecule has 0 saturated heterocycles. The van der Waals surface area contributed by atoms with Crippen molar-refractivity contribution in [2.24, 2.45) is 0 Å². The Labute approximate surface area is 336 Å². The van der Waals surface area contributed by atoms with Gasteiger partial charge in [-0.1, -0.05) is 213 Å². The Bertz CT molecular complexity index is 855. The summed E-state index contributed by atoms with van der Waals surface area (Å²) in [6, 6.07) is -0.792. The van der Waals surface area contributed by atoms with Crippen molar-refractivity contribution in [3.8, 4) is 0 Å².